The van der Waals surface area contributed by atoms with E-state index < -0.39 is 19.7 Å². The van der Waals surface area contributed by atoms with E-state index in [0.717, 1.165) is 25.7 Å². The smallest absolute Gasteiger partial charge is 0.326 e. The minimum Gasteiger partial charge on any atom is -0.326 e. The average Bonchev–Trinajstić information content (AvgIpc) is 2.78. The molecule has 2 rings (SSSR count). The molecule has 0 unspecified atom stereocenters. The normalized spacial score (nSPS) is 29.3. The molecule has 1 saturated carbocycles. The highest BCUT2D eigenvalue weighted by molar-refractivity contribution is 7.53. The van der Waals surface area contributed by atoms with Crippen molar-refractivity contribution in [1.29, 1.82) is 0 Å². The molecule has 1 heterocycles. The van der Waals surface area contributed by atoms with E-state index in [1.165, 1.54) is 0 Å². The molecule has 7 nitrogen and oxygen atoms in total. The van der Waals surface area contributed by atoms with Gasteiger partial charge in [0.05, 0.1) is 19.4 Å². The van der Waals surface area contributed by atoms with E-state index in [4.69, 9.17) is 9.05 Å². The molecule has 0 radical (unpaired) electrons. The summed E-state index contributed by atoms with van der Waals surface area (Å²) in [5, 5.41) is 4.96. The zero-order valence-corrected chi connectivity index (χ0v) is 14.1. The number of hydrogen-bond donors (Lipinski definition) is 2. The summed E-state index contributed by atoms with van der Waals surface area (Å²) in [7, 11) is -3.14. The van der Waals surface area contributed by atoms with Crippen LogP contribution in [-0.4, -0.2) is 37.4 Å². The molecule has 2 N–H and O–H groups in total. The third kappa shape index (κ3) is 4.09. The van der Waals surface area contributed by atoms with Gasteiger partial charge in [0.2, 0.25) is 0 Å². The van der Waals surface area contributed by atoms with Crippen molar-refractivity contribution >= 4 is 19.5 Å². The summed E-state index contributed by atoms with van der Waals surface area (Å²) in [5.41, 5.74) is 0. The van der Waals surface area contributed by atoms with E-state index in [1.807, 2.05) is 0 Å². The van der Waals surface area contributed by atoms with Gasteiger partial charge in [0.15, 0.2) is 0 Å². The molecular formula is C14H25N2O5P. The number of urea groups is 1. The molecule has 3 amide bonds. The molecule has 22 heavy (non-hydrogen) atoms. The molecular weight excluding hydrogens is 307 g/mol. The maximum atomic E-state index is 12.8. The summed E-state index contributed by atoms with van der Waals surface area (Å²) >= 11 is 0. The fourth-order valence-corrected chi connectivity index (χ4v) is 5.56. The number of rotatable bonds is 7. The van der Waals surface area contributed by atoms with Crippen LogP contribution in [0.5, 0.6) is 0 Å². The second kappa shape index (κ2) is 7.57. The van der Waals surface area contributed by atoms with Gasteiger partial charge in [0.25, 0.3) is 5.91 Å². The Hall–Kier alpha value is -0.910. The van der Waals surface area contributed by atoms with Crippen molar-refractivity contribution in [2.75, 3.05) is 19.4 Å². The first-order chi connectivity index (χ1) is 10.5. The topological polar surface area (TPSA) is 93.7 Å². The molecule has 0 aromatic carbocycles. The number of carbonyl (C=O) groups excluding carboxylic acids is 2. The summed E-state index contributed by atoms with van der Waals surface area (Å²) < 4.78 is 23.5. The van der Waals surface area contributed by atoms with Crippen molar-refractivity contribution in [3.05, 3.63) is 0 Å². The predicted octanol–water partition coefficient (Wildman–Crippen LogP) is 2.27. The van der Waals surface area contributed by atoms with Crippen LogP contribution >= 0.6 is 7.60 Å². The van der Waals surface area contributed by atoms with Crippen molar-refractivity contribution in [2.24, 2.45) is 11.8 Å². The maximum absolute atomic E-state index is 12.8. The molecule has 1 saturated heterocycles. The first kappa shape index (κ1) is 17.4. The lowest BCUT2D eigenvalue weighted by molar-refractivity contribution is -0.122. The Morgan fingerprint density at radius 3 is 2.32 bits per heavy atom. The summed E-state index contributed by atoms with van der Waals surface area (Å²) in [4.78, 5) is 23.3. The lowest BCUT2D eigenvalue weighted by Crippen LogP contribution is -2.43. The van der Waals surface area contributed by atoms with Crippen LogP contribution in [0.4, 0.5) is 4.79 Å². The summed E-state index contributed by atoms with van der Waals surface area (Å²) in [5.74, 6) is -0.258. The van der Waals surface area contributed by atoms with Gasteiger partial charge in [-0.2, -0.15) is 0 Å². The number of nitrogens with one attached hydrogen (secondary N) is 2. The van der Waals surface area contributed by atoms with E-state index in [-0.39, 0.29) is 17.7 Å². The Morgan fingerprint density at radius 1 is 1.14 bits per heavy atom. The quantitative estimate of drug-likeness (QED) is 0.551. The Bertz CT molecular complexity index is 460. The Balaban J connectivity index is 2.10. The van der Waals surface area contributed by atoms with E-state index in [2.05, 4.69) is 10.6 Å². The van der Waals surface area contributed by atoms with Crippen molar-refractivity contribution < 1.29 is 23.2 Å². The molecule has 1 aliphatic carbocycles. The molecule has 1 aliphatic heterocycles. The second-order valence-corrected chi connectivity index (χ2v) is 7.88. The second-order valence-electron chi connectivity index (χ2n) is 5.78. The average molecular weight is 332 g/mol. The van der Waals surface area contributed by atoms with Crippen LogP contribution in [0, 0.1) is 11.8 Å². The van der Waals surface area contributed by atoms with Gasteiger partial charge in [-0.1, -0.05) is 12.8 Å². The molecule has 0 bridgehead atoms. The van der Waals surface area contributed by atoms with Gasteiger partial charge in [-0.15, -0.1) is 0 Å². The fraction of sp³-hybridized carbons (Fsp3) is 0.857. The summed E-state index contributed by atoms with van der Waals surface area (Å²) in [6.45, 7) is 4.23. The molecule has 2 fully saturated rings. The number of imide groups is 1. The van der Waals surface area contributed by atoms with Crippen molar-refractivity contribution in [2.45, 2.75) is 45.6 Å². The van der Waals surface area contributed by atoms with Crippen LogP contribution in [0.1, 0.15) is 39.5 Å². The zero-order valence-electron chi connectivity index (χ0n) is 13.2. The van der Waals surface area contributed by atoms with Gasteiger partial charge >= 0.3 is 13.6 Å². The van der Waals surface area contributed by atoms with Crippen LogP contribution in [0.3, 0.4) is 0 Å². The predicted molar refractivity (Wildman–Crippen MR) is 81.6 cm³/mol. The Kier molecular flexibility index (Phi) is 6.01. The lowest BCUT2D eigenvalue weighted by Gasteiger charge is -2.35. The van der Waals surface area contributed by atoms with E-state index in [0.29, 0.717) is 19.4 Å². The highest BCUT2D eigenvalue weighted by atomic mass is 31.2. The van der Waals surface area contributed by atoms with E-state index in [9.17, 15) is 14.2 Å². The van der Waals surface area contributed by atoms with Crippen molar-refractivity contribution in [1.82, 2.24) is 10.6 Å². The largest absolute Gasteiger partial charge is 0.330 e. The van der Waals surface area contributed by atoms with Crippen LogP contribution < -0.4 is 10.6 Å². The summed E-state index contributed by atoms with van der Waals surface area (Å²) in [6, 6.07) is -0.980. The molecule has 8 heteroatoms. The van der Waals surface area contributed by atoms with E-state index in [1.54, 1.807) is 13.8 Å². The molecule has 0 aromatic heterocycles. The SMILES string of the molecule is CCOP(=O)(C[C@H]1CCCC[C@H]1[C@H]1NC(=O)NC1=O)OCC. The monoisotopic (exact) mass is 332 g/mol. The highest BCUT2D eigenvalue weighted by Crippen LogP contribution is 2.52. The van der Waals surface area contributed by atoms with Crippen LogP contribution in [0.25, 0.3) is 0 Å². The Labute approximate surface area is 131 Å². The highest BCUT2D eigenvalue weighted by Gasteiger charge is 2.43. The molecule has 3 atom stereocenters. The number of carbonyl (C=O) groups is 2. The maximum Gasteiger partial charge on any atom is 0.330 e. The molecule has 126 valence electrons. The Morgan fingerprint density at radius 2 is 1.77 bits per heavy atom. The molecule has 0 spiro atoms. The van der Waals surface area contributed by atoms with Gasteiger partial charge in [0, 0.05) is 0 Å². The number of amides is 3. The van der Waals surface area contributed by atoms with Gasteiger partial charge in [0.1, 0.15) is 6.04 Å². The van der Waals surface area contributed by atoms with Crippen LogP contribution in [0.15, 0.2) is 0 Å². The van der Waals surface area contributed by atoms with Crippen LogP contribution in [-0.2, 0) is 18.4 Å². The van der Waals surface area contributed by atoms with Crippen molar-refractivity contribution in [3.8, 4) is 0 Å². The number of hydrogen-bond acceptors (Lipinski definition) is 5. The minimum atomic E-state index is -3.14. The first-order valence-electron chi connectivity index (χ1n) is 7.98. The van der Waals surface area contributed by atoms with Crippen molar-refractivity contribution in [3.63, 3.8) is 0 Å². The minimum absolute atomic E-state index is 0.0190. The summed E-state index contributed by atoms with van der Waals surface area (Å²) in [6.07, 6.45) is 4.05. The fourth-order valence-electron chi connectivity index (χ4n) is 3.46. The lowest BCUT2D eigenvalue weighted by atomic mass is 9.76. The van der Waals surface area contributed by atoms with E-state index >= 15 is 0 Å². The molecule has 2 aliphatic rings. The zero-order chi connectivity index (χ0) is 16.2. The third-order valence-corrected chi connectivity index (χ3v) is 6.53. The van der Waals surface area contributed by atoms with Gasteiger partial charge < -0.3 is 14.4 Å². The van der Waals surface area contributed by atoms with Gasteiger partial charge in [-0.25, -0.2) is 4.79 Å². The first-order valence-corrected chi connectivity index (χ1v) is 9.71. The van der Waals surface area contributed by atoms with Gasteiger partial charge in [-0.05, 0) is 38.5 Å². The standard InChI is InChI=1S/C14H25N2O5P/c1-3-20-22(19,21-4-2)9-10-7-5-6-8-11(10)12-13(17)16-14(18)15-12/h10-12H,3-9H2,1-2H3,(H2,15,16,17,18)/t10-,11-,12-/m1/s1. The van der Waals surface area contributed by atoms with Gasteiger partial charge in [-0.3, -0.25) is 14.7 Å². The third-order valence-electron chi connectivity index (χ3n) is 4.31. The van der Waals surface area contributed by atoms with Crippen LogP contribution in [0.2, 0.25) is 0 Å². The molecule has 0 aromatic rings.